The molecule has 3 aromatic rings. The lowest BCUT2D eigenvalue weighted by molar-refractivity contribution is -0.134. The molecule has 32 heavy (non-hydrogen) atoms. The van der Waals surface area contributed by atoms with Crippen LogP contribution in [-0.4, -0.2) is 33.7 Å². The second kappa shape index (κ2) is 9.90. The van der Waals surface area contributed by atoms with Crippen molar-refractivity contribution in [1.29, 1.82) is 0 Å². The van der Waals surface area contributed by atoms with Gasteiger partial charge in [0.15, 0.2) is 0 Å². The van der Waals surface area contributed by atoms with Gasteiger partial charge in [-0.15, -0.1) is 0 Å². The van der Waals surface area contributed by atoms with Gasteiger partial charge in [0.25, 0.3) is 5.56 Å². The number of hydrogen-bond acceptors (Lipinski definition) is 3. The summed E-state index contributed by atoms with van der Waals surface area (Å²) in [6, 6.07) is 19.2. The highest BCUT2D eigenvalue weighted by molar-refractivity contribution is 5.83. The Kier molecular flexibility index (Phi) is 6.78. The number of nitrogens with zero attached hydrogens (tertiary/aromatic N) is 3. The first-order chi connectivity index (χ1) is 15.5. The minimum Gasteiger partial charge on any atom is -0.342 e. The molecule has 0 spiro atoms. The number of likely N-dealkylation sites (tertiary alicyclic amines) is 1. The minimum absolute atomic E-state index is 0.107. The lowest BCUT2D eigenvalue weighted by Gasteiger charge is -2.34. The molecular formula is C26H28FN3O2. The molecule has 0 radical (unpaired) electrons. The molecule has 1 fully saturated rings. The first-order valence-electron chi connectivity index (χ1n) is 11.2. The molecule has 0 N–H and O–H groups in total. The molecule has 0 aliphatic carbocycles. The Morgan fingerprint density at radius 2 is 1.72 bits per heavy atom. The molecule has 2 aromatic carbocycles. The van der Waals surface area contributed by atoms with E-state index in [-0.39, 0.29) is 29.1 Å². The zero-order chi connectivity index (χ0) is 22.5. The van der Waals surface area contributed by atoms with E-state index >= 15 is 0 Å². The van der Waals surface area contributed by atoms with Gasteiger partial charge in [0, 0.05) is 31.3 Å². The highest BCUT2D eigenvalue weighted by Crippen LogP contribution is 2.26. The summed E-state index contributed by atoms with van der Waals surface area (Å²) in [6.45, 7) is 3.96. The van der Waals surface area contributed by atoms with Gasteiger partial charge in [0.2, 0.25) is 5.91 Å². The molecule has 4 rings (SSSR count). The normalized spacial score (nSPS) is 15.5. The number of carbonyl (C=O) groups is 1. The highest BCUT2D eigenvalue weighted by Gasteiger charge is 2.28. The zero-order valence-electron chi connectivity index (χ0n) is 18.3. The van der Waals surface area contributed by atoms with Crippen LogP contribution in [0.25, 0.3) is 11.3 Å². The van der Waals surface area contributed by atoms with Crippen molar-refractivity contribution in [2.75, 3.05) is 13.1 Å². The van der Waals surface area contributed by atoms with Crippen LogP contribution in [0.5, 0.6) is 0 Å². The largest absolute Gasteiger partial charge is 0.342 e. The Bertz CT molecular complexity index is 1100. The fraction of sp³-hybridized carbons (Fsp3) is 0.346. The average molecular weight is 434 g/mol. The number of amides is 1. The topological polar surface area (TPSA) is 55.2 Å². The van der Waals surface area contributed by atoms with E-state index in [0.29, 0.717) is 25.3 Å². The lowest BCUT2D eigenvalue weighted by Crippen LogP contribution is -2.42. The predicted octanol–water partition coefficient (Wildman–Crippen LogP) is 4.48. The van der Waals surface area contributed by atoms with E-state index < -0.39 is 0 Å². The van der Waals surface area contributed by atoms with Crippen LogP contribution in [0, 0.1) is 11.7 Å². The third kappa shape index (κ3) is 4.96. The third-order valence-corrected chi connectivity index (χ3v) is 6.27. The van der Waals surface area contributed by atoms with Gasteiger partial charge < -0.3 is 4.90 Å². The molecular weight excluding hydrogens is 405 g/mol. The van der Waals surface area contributed by atoms with E-state index in [1.54, 1.807) is 18.2 Å². The maximum absolute atomic E-state index is 13.2. The van der Waals surface area contributed by atoms with Crippen molar-refractivity contribution in [3.63, 3.8) is 0 Å². The van der Waals surface area contributed by atoms with Crippen LogP contribution >= 0.6 is 0 Å². The molecule has 1 amide bonds. The molecule has 166 valence electrons. The fourth-order valence-corrected chi connectivity index (χ4v) is 4.39. The summed E-state index contributed by atoms with van der Waals surface area (Å²) in [5.74, 6) is 0.0562. The Labute approximate surface area is 187 Å². The van der Waals surface area contributed by atoms with Gasteiger partial charge in [0.05, 0.1) is 11.6 Å². The number of hydrogen-bond donors (Lipinski definition) is 0. The van der Waals surface area contributed by atoms with Crippen LogP contribution in [0.3, 0.4) is 0 Å². The second-order valence-corrected chi connectivity index (χ2v) is 8.39. The summed E-state index contributed by atoms with van der Waals surface area (Å²) in [6.07, 6.45) is 2.45. The summed E-state index contributed by atoms with van der Waals surface area (Å²) < 4.78 is 14.7. The molecule has 1 atom stereocenters. The first-order valence-corrected chi connectivity index (χ1v) is 11.2. The van der Waals surface area contributed by atoms with Crippen molar-refractivity contribution in [3.8, 4) is 11.3 Å². The molecule has 1 saturated heterocycles. The first kappa shape index (κ1) is 21.9. The fourth-order valence-electron chi connectivity index (χ4n) is 4.39. The standard InChI is InChI=1S/C26H28FN3O2/c1-2-23(20-6-4-3-5-7-20)26(32)29-16-14-19(15-17-29)18-30-25(31)13-12-24(28-30)21-8-10-22(27)11-9-21/h3-13,19,23H,2,14-18H2,1H3/t23-/m0/s1. The van der Waals surface area contributed by atoms with Gasteiger partial charge >= 0.3 is 0 Å². The van der Waals surface area contributed by atoms with E-state index in [1.807, 2.05) is 35.2 Å². The quantitative estimate of drug-likeness (QED) is 0.576. The highest BCUT2D eigenvalue weighted by atomic mass is 19.1. The van der Waals surface area contributed by atoms with Crippen molar-refractivity contribution >= 4 is 5.91 Å². The van der Waals surface area contributed by atoms with E-state index in [4.69, 9.17) is 0 Å². The number of piperidine rings is 1. The van der Waals surface area contributed by atoms with Gasteiger partial charge in [-0.05, 0) is 61.1 Å². The van der Waals surface area contributed by atoms with E-state index in [1.165, 1.54) is 22.9 Å². The van der Waals surface area contributed by atoms with Crippen LogP contribution in [0.2, 0.25) is 0 Å². The molecule has 2 heterocycles. The van der Waals surface area contributed by atoms with Crippen molar-refractivity contribution in [2.45, 2.75) is 38.6 Å². The molecule has 1 aromatic heterocycles. The Balaban J connectivity index is 1.40. The maximum atomic E-state index is 13.2. The van der Waals surface area contributed by atoms with Gasteiger partial charge in [-0.3, -0.25) is 9.59 Å². The molecule has 1 aliphatic heterocycles. The Hall–Kier alpha value is -3.28. The van der Waals surface area contributed by atoms with Crippen LogP contribution in [0.1, 0.15) is 37.7 Å². The summed E-state index contributed by atoms with van der Waals surface area (Å²) in [7, 11) is 0. The predicted molar refractivity (Wildman–Crippen MR) is 123 cm³/mol. The average Bonchev–Trinajstić information content (AvgIpc) is 2.83. The SMILES string of the molecule is CC[C@H](C(=O)N1CCC(Cn2nc(-c3ccc(F)cc3)ccc2=O)CC1)c1ccccc1. The zero-order valence-corrected chi connectivity index (χ0v) is 18.3. The maximum Gasteiger partial charge on any atom is 0.266 e. The van der Waals surface area contributed by atoms with Crippen molar-refractivity contribution in [2.24, 2.45) is 5.92 Å². The molecule has 0 unspecified atom stereocenters. The summed E-state index contributed by atoms with van der Waals surface area (Å²) >= 11 is 0. The van der Waals surface area contributed by atoms with E-state index in [0.717, 1.165) is 30.4 Å². The van der Waals surface area contributed by atoms with Crippen LogP contribution in [0.15, 0.2) is 71.5 Å². The third-order valence-electron chi connectivity index (χ3n) is 6.27. The van der Waals surface area contributed by atoms with Gasteiger partial charge in [-0.2, -0.15) is 5.10 Å². The summed E-state index contributed by atoms with van der Waals surface area (Å²) in [4.78, 5) is 27.4. The van der Waals surface area contributed by atoms with Gasteiger partial charge in [0.1, 0.15) is 5.82 Å². The Morgan fingerprint density at radius 1 is 1.03 bits per heavy atom. The molecule has 5 nitrogen and oxygen atoms in total. The van der Waals surface area contributed by atoms with E-state index in [2.05, 4.69) is 12.0 Å². The molecule has 6 heteroatoms. The second-order valence-electron chi connectivity index (χ2n) is 8.39. The number of rotatable bonds is 6. The molecule has 0 bridgehead atoms. The minimum atomic E-state index is -0.305. The Morgan fingerprint density at radius 3 is 2.38 bits per heavy atom. The number of carbonyl (C=O) groups excluding carboxylic acids is 1. The summed E-state index contributed by atoms with van der Waals surface area (Å²) in [5.41, 5.74) is 2.33. The van der Waals surface area contributed by atoms with Crippen molar-refractivity contribution in [3.05, 3.63) is 88.5 Å². The number of benzene rings is 2. The lowest BCUT2D eigenvalue weighted by atomic mass is 9.92. The number of halogens is 1. The van der Waals surface area contributed by atoms with E-state index in [9.17, 15) is 14.0 Å². The monoisotopic (exact) mass is 433 g/mol. The van der Waals surface area contributed by atoms with Gasteiger partial charge in [-0.1, -0.05) is 37.3 Å². The van der Waals surface area contributed by atoms with Crippen molar-refractivity contribution in [1.82, 2.24) is 14.7 Å². The van der Waals surface area contributed by atoms with Crippen LogP contribution < -0.4 is 5.56 Å². The molecule has 0 saturated carbocycles. The smallest absolute Gasteiger partial charge is 0.266 e. The van der Waals surface area contributed by atoms with Crippen molar-refractivity contribution < 1.29 is 9.18 Å². The van der Waals surface area contributed by atoms with Crippen LogP contribution in [0.4, 0.5) is 4.39 Å². The molecule has 1 aliphatic rings. The van der Waals surface area contributed by atoms with Crippen LogP contribution in [-0.2, 0) is 11.3 Å². The summed E-state index contributed by atoms with van der Waals surface area (Å²) in [5, 5.41) is 4.50. The number of aromatic nitrogens is 2. The van der Waals surface area contributed by atoms with Gasteiger partial charge in [-0.25, -0.2) is 9.07 Å².